The smallest absolute Gasteiger partial charge is 0.359 e. The largest absolute Gasteiger partial charge is 0.777 e. The van der Waals surface area contributed by atoms with Crippen molar-refractivity contribution < 1.29 is 139 Å². The van der Waals surface area contributed by atoms with Crippen molar-refractivity contribution in [2.75, 3.05) is 77.2 Å². The first-order chi connectivity index (χ1) is 68.4. The summed E-state index contributed by atoms with van der Waals surface area (Å²) >= 11 is 0. The zero-order valence-corrected chi connectivity index (χ0v) is 94.6. The van der Waals surface area contributed by atoms with Crippen molar-refractivity contribution in [2.45, 2.75) is 182 Å². The van der Waals surface area contributed by atoms with Crippen LogP contribution in [0, 0.1) is 0 Å². The molecule has 0 saturated heterocycles. The van der Waals surface area contributed by atoms with Gasteiger partial charge >= 0.3 is 35.8 Å². The van der Waals surface area contributed by atoms with Gasteiger partial charge < -0.3 is 85.2 Å². The highest BCUT2D eigenvalue weighted by atomic mass is 32.2. The van der Waals surface area contributed by atoms with Gasteiger partial charge in [-0.3, -0.25) is 0 Å². The minimum Gasteiger partial charge on any atom is -0.777 e. The minimum atomic E-state index is -3.88. The van der Waals surface area contributed by atoms with E-state index in [1.165, 1.54) is 94.0 Å². The first-order valence-electron chi connectivity index (χ1n) is 45.4. The Morgan fingerprint density at radius 3 is 0.396 bits per heavy atom. The van der Waals surface area contributed by atoms with Gasteiger partial charge in [0.15, 0.2) is 79.4 Å². The minimum absolute atomic E-state index is 0.0453. The second-order valence-corrected chi connectivity index (χ2v) is 45.5. The lowest BCUT2D eigenvalue weighted by Gasteiger charge is -2.13. The molecule has 12 aromatic carbocycles. The number of hydrogen-bond donors (Lipinski definition) is 0. The van der Waals surface area contributed by atoms with Crippen LogP contribution in [-0.2, 0) is 150 Å². The van der Waals surface area contributed by atoms with Gasteiger partial charge in [0.2, 0.25) is 31.5 Å². The van der Waals surface area contributed by atoms with Gasteiger partial charge in [-0.05, 0) is 179 Å². The van der Waals surface area contributed by atoms with Gasteiger partial charge in [0.25, 0.3) is 0 Å². The van der Waals surface area contributed by atoms with Gasteiger partial charge in [0.05, 0.1) is 39.6 Å². The van der Waals surface area contributed by atoms with Crippen molar-refractivity contribution in [3.05, 3.63) is 255 Å². The Hall–Kier alpha value is -8.16. The molecule has 24 nitrogen and oxygen atoms in total. The number of hydrogen-bond acceptors (Lipinski definition) is 24. The van der Waals surface area contributed by atoms with E-state index in [-0.39, 0.29) is 133 Å². The summed E-state index contributed by atoms with van der Waals surface area (Å²) in [4.78, 5) is 130. The van der Waals surface area contributed by atoms with E-state index in [0.29, 0.717) is 39.6 Å². The molecular weight excluding hydrogens is 2100 g/mol. The van der Waals surface area contributed by atoms with Crippen molar-refractivity contribution in [2.24, 2.45) is 0 Å². The second-order valence-electron chi connectivity index (χ2n) is 29.7. The van der Waals surface area contributed by atoms with E-state index in [4.69, 9.17) is 85.2 Å². The zero-order valence-electron chi connectivity index (χ0n) is 83.7. The van der Waals surface area contributed by atoms with Gasteiger partial charge in [0.1, 0.15) is 37.5 Å². The van der Waals surface area contributed by atoms with Crippen molar-refractivity contribution >= 4 is 216 Å². The van der Waals surface area contributed by atoms with E-state index in [0.717, 1.165) is 38.5 Å². The first-order valence-corrected chi connectivity index (χ1v) is 62.8. The number of rotatable bonds is 30. The van der Waals surface area contributed by atoms with E-state index in [1.807, 2.05) is 156 Å². The van der Waals surface area contributed by atoms with E-state index < -0.39 is 50.0 Å². The number of esters is 6. The molecule has 0 aliphatic heterocycles. The zero-order chi connectivity index (χ0) is 109. The number of carbonyl (C=O) groups excluding carboxylic acids is 6. The predicted octanol–water partition coefficient (Wildman–Crippen LogP) is 21.0. The van der Waals surface area contributed by atoms with Gasteiger partial charge in [-0.25, -0.2) is 53.9 Å². The van der Waals surface area contributed by atoms with Crippen LogP contribution in [0.15, 0.2) is 284 Å². The molecular formula is C102H132F6O24P6S6. The molecule has 0 amide bonds. The maximum absolute atomic E-state index is 12.0. The van der Waals surface area contributed by atoms with Crippen LogP contribution < -0.4 is 29.4 Å². The topological polar surface area (TPSA) is 399 Å². The molecule has 0 aromatic heterocycles. The lowest BCUT2D eigenvalue weighted by Crippen LogP contribution is -2.31. The van der Waals surface area contributed by atoms with Gasteiger partial charge in [0, 0.05) is 140 Å². The summed E-state index contributed by atoms with van der Waals surface area (Å²) in [6, 6.07) is 88.6. The quantitative estimate of drug-likeness (QED) is 0.0133. The first kappa shape index (κ1) is 134. The molecule has 42 heteroatoms. The number of ether oxygens (including phenoxy) is 6. The Morgan fingerprint density at radius 2 is 0.306 bits per heavy atom. The van der Waals surface area contributed by atoms with Crippen molar-refractivity contribution in [1.82, 2.24) is 0 Å². The molecule has 0 aliphatic carbocycles. The number of benzene rings is 12. The maximum Gasteiger partial charge on any atom is 0.359 e. The molecule has 0 bridgehead atoms. The average Bonchev–Trinajstić information content (AvgIpc) is 0.842. The fraction of sp³-hybridized carbons (Fsp3) is 0.353. The summed E-state index contributed by atoms with van der Waals surface area (Å²) in [5.41, 5.74) is 0. The summed E-state index contributed by atoms with van der Waals surface area (Å²) in [5, 5.41) is 14.5. The Balaban J connectivity index is 0.000000824. The summed E-state index contributed by atoms with van der Waals surface area (Å²) in [7, 11) is -24.1. The second kappa shape index (κ2) is 76.4. The van der Waals surface area contributed by atoms with E-state index in [1.54, 1.807) is 0 Å². The van der Waals surface area contributed by atoms with Crippen LogP contribution in [0.25, 0.3) is 64.6 Å². The van der Waals surface area contributed by atoms with Gasteiger partial charge in [-0.15, -0.1) is 0 Å². The molecule has 0 fully saturated rings. The highest BCUT2D eigenvalue weighted by molar-refractivity contribution is 7.99. The summed E-state index contributed by atoms with van der Waals surface area (Å²) in [5.74, 6) is -0.450. The number of carbonyl (C=O) groups is 6. The van der Waals surface area contributed by atoms with Crippen LogP contribution in [0.1, 0.15) is 122 Å². The Morgan fingerprint density at radius 1 is 0.208 bits per heavy atom. The third-order valence-electron chi connectivity index (χ3n) is 20.6. The van der Waals surface area contributed by atoms with Crippen molar-refractivity contribution in [3.63, 3.8) is 0 Å². The molecule has 0 radical (unpaired) electrons. The molecule has 0 spiro atoms. The summed E-state index contributed by atoms with van der Waals surface area (Å²) in [6.45, 7) is 26.1. The molecule has 792 valence electrons. The molecule has 0 heterocycles. The lowest BCUT2D eigenvalue weighted by atomic mass is 10.1. The molecule has 18 atom stereocenters. The summed E-state index contributed by atoms with van der Waals surface area (Å²) < 4.78 is 142. The third-order valence-corrected chi connectivity index (χ3v) is 34.9. The fourth-order valence-corrected chi connectivity index (χ4v) is 24.7. The molecule has 18 unspecified atom stereocenters. The maximum atomic E-state index is 12.0. The monoisotopic (exact) mass is 2230 g/mol. The SMILES string of the molecule is CCOC(=O)C(CC)[S+](C)c1ccc2ccccc2c1.CCOC(=O)C(CC)[S+](C)c1ccc2ccccc2c1.CCOC(=O)C(CC)[S+](C)c1ccc2ccccc2c1.CCOC(=O)C(CC)[S+](C)c1ccc2ccccc2c1.CCOC(=O)C(CC)[S+](C)c1ccc2ccccc2c1.CCOC(=O)C(CC)[S+](C)c1ccc2ccccc2c1.O=[PH]([O-])F.O=[PH]([O-])F.O=[PH]([O-])F.O=[PH]([O-])F.O=[PH]([O-])F.O=[PH]([O-])F. The molecule has 0 N–H and O–H groups in total. The van der Waals surface area contributed by atoms with Crippen molar-refractivity contribution in [1.29, 1.82) is 0 Å². The standard InChI is InChI=1S/6C17H21O2S.6FH2O2P/c6*1-4-16(17(18)19-5-2)20(3)15-11-10-13-8-6-7-9-14(13)12-15;6*1-4(2)3/h6*6-12,16H,4-5H2,1-3H3;6*4H,(H,2,3)/q6*+1;;;;;;/p-6. The molecule has 12 rings (SSSR count). The van der Waals surface area contributed by atoms with E-state index in [9.17, 15) is 53.9 Å². The summed E-state index contributed by atoms with van der Waals surface area (Å²) in [6.07, 6.45) is 17.7. The van der Waals surface area contributed by atoms with Gasteiger partial charge in [-0.1, -0.05) is 187 Å². The normalized spacial score (nSPS) is 14.2. The van der Waals surface area contributed by atoms with Crippen molar-refractivity contribution in [3.8, 4) is 0 Å². The number of halogens is 6. The fourth-order valence-electron chi connectivity index (χ4n) is 14.0. The Bertz CT molecular complexity index is 5070. The Kier molecular flexibility index (Phi) is 71.0. The molecule has 12 aromatic rings. The van der Waals surface area contributed by atoms with Crippen LogP contribution in [0.4, 0.5) is 25.2 Å². The lowest BCUT2D eigenvalue weighted by molar-refractivity contribution is -0.175. The molecule has 0 aliphatic rings. The predicted molar refractivity (Wildman–Crippen MR) is 578 cm³/mol. The Labute approximate surface area is 863 Å². The van der Waals surface area contributed by atoms with E-state index in [2.05, 4.69) is 220 Å². The highest BCUT2D eigenvalue weighted by Crippen LogP contribution is 2.32. The van der Waals surface area contributed by atoms with Crippen LogP contribution in [-0.4, -0.2) is 144 Å². The average molecular weight is 2230 g/mol. The van der Waals surface area contributed by atoms with E-state index >= 15 is 0 Å². The van der Waals surface area contributed by atoms with Crippen LogP contribution >= 0.6 is 50.0 Å². The third kappa shape index (κ3) is 51.6. The number of fused-ring (bicyclic) bond motifs is 6. The molecule has 144 heavy (non-hydrogen) atoms. The van der Waals surface area contributed by atoms with Gasteiger partial charge in [-0.2, -0.15) is 0 Å². The van der Waals surface area contributed by atoms with Crippen LogP contribution in [0.5, 0.6) is 0 Å². The van der Waals surface area contributed by atoms with Crippen LogP contribution in [0.3, 0.4) is 0 Å². The molecule has 0 saturated carbocycles. The van der Waals surface area contributed by atoms with Crippen LogP contribution in [0.2, 0.25) is 0 Å². The highest BCUT2D eigenvalue weighted by Gasteiger charge is 2.41.